The van der Waals surface area contributed by atoms with Crippen molar-refractivity contribution in [2.75, 3.05) is 6.54 Å². The molecule has 0 unspecified atom stereocenters. The van der Waals surface area contributed by atoms with Gasteiger partial charge >= 0.3 is 0 Å². The molecule has 2 aromatic rings. The lowest BCUT2D eigenvalue weighted by Crippen LogP contribution is -2.65. The Morgan fingerprint density at radius 2 is 1.97 bits per heavy atom. The van der Waals surface area contributed by atoms with Crippen molar-refractivity contribution >= 4 is 17.7 Å². The van der Waals surface area contributed by atoms with Crippen molar-refractivity contribution in [3.05, 3.63) is 53.4 Å². The summed E-state index contributed by atoms with van der Waals surface area (Å²) in [5, 5.41) is 5.77. The van der Waals surface area contributed by atoms with Crippen LogP contribution >= 0.6 is 0 Å². The number of rotatable bonds is 7. The van der Waals surface area contributed by atoms with Gasteiger partial charge in [0.2, 0.25) is 5.91 Å². The van der Waals surface area contributed by atoms with Gasteiger partial charge in [-0.1, -0.05) is 38.0 Å². The predicted octanol–water partition coefficient (Wildman–Crippen LogP) is 2.64. The molecule has 33 heavy (non-hydrogen) atoms. The second-order valence-electron chi connectivity index (χ2n) is 9.03. The summed E-state index contributed by atoms with van der Waals surface area (Å²) in [4.78, 5) is 45.4. The first-order valence-electron chi connectivity index (χ1n) is 11.5. The molecule has 2 aliphatic rings. The SMILES string of the molecule is CCCN1C(=O)c2c(C(=O)NCc3ccccc3F)ncn2C[C@@]1(C)C(=O)NC1CCCC1. The standard InChI is InChI=1S/C24H30FN5O3/c1-3-12-30-22(32)20-19(21(31)26-13-16-8-4-7-11-18(16)25)27-15-29(20)14-24(30,2)23(33)28-17-9-5-6-10-17/h4,7-8,11,15,17H,3,5-6,9-10,12-14H2,1-2H3,(H,26,31)(H,28,33)/t24-/m0/s1. The van der Waals surface area contributed by atoms with Crippen LogP contribution in [-0.2, 0) is 17.9 Å². The molecule has 0 spiro atoms. The van der Waals surface area contributed by atoms with Crippen LogP contribution < -0.4 is 10.6 Å². The molecule has 9 heteroatoms. The first-order chi connectivity index (χ1) is 15.8. The van der Waals surface area contributed by atoms with Gasteiger partial charge in [0, 0.05) is 24.7 Å². The Kier molecular flexibility index (Phi) is 6.49. The van der Waals surface area contributed by atoms with E-state index in [-0.39, 0.29) is 36.4 Å². The molecule has 2 heterocycles. The number of carbonyl (C=O) groups excluding carboxylic acids is 3. The van der Waals surface area contributed by atoms with E-state index in [1.165, 1.54) is 12.4 Å². The zero-order valence-corrected chi connectivity index (χ0v) is 19.1. The van der Waals surface area contributed by atoms with Crippen LogP contribution in [0.3, 0.4) is 0 Å². The number of benzene rings is 1. The fraction of sp³-hybridized carbons (Fsp3) is 0.500. The summed E-state index contributed by atoms with van der Waals surface area (Å²) in [6.45, 7) is 4.28. The Morgan fingerprint density at radius 1 is 1.24 bits per heavy atom. The monoisotopic (exact) mass is 455 g/mol. The summed E-state index contributed by atoms with van der Waals surface area (Å²) >= 11 is 0. The van der Waals surface area contributed by atoms with E-state index in [0.717, 1.165) is 25.7 Å². The average molecular weight is 456 g/mol. The normalized spacial score (nSPS) is 20.6. The number of hydrogen-bond acceptors (Lipinski definition) is 4. The molecule has 1 aromatic carbocycles. The van der Waals surface area contributed by atoms with E-state index in [4.69, 9.17) is 0 Å². The van der Waals surface area contributed by atoms with Crippen molar-refractivity contribution in [1.82, 2.24) is 25.1 Å². The van der Waals surface area contributed by atoms with Crippen LogP contribution in [0.5, 0.6) is 0 Å². The second kappa shape index (κ2) is 9.33. The third-order valence-corrected chi connectivity index (χ3v) is 6.60. The number of amides is 3. The van der Waals surface area contributed by atoms with Crippen LogP contribution in [0.25, 0.3) is 0 Å². The Balaban J connectivity index is 1.57. The zero-order valence-electron chi connectivity index (χ0n) is 19.1. The lowest BCUT2D eigenvalue weighted by atomic mass is 9.93. The van der Waals surface area contributed by atoms with Crippen LogP contribution in [0, 0.1) is 5.82 Å². The molecule has 1 saturated carbocycles. The van der Waals surface area contributed by atoms with Gasteiger partial charge in [0.25, 0.3) is 11.8 Å². The van der Waals surface area contributed by atoms with Gasteiger partial charge in [-0.25, -0.2) is 9.37 Å². The number of nitrogens with zero attached hydrogens (tertiary/aromatic N) is 3. The highest BCUT2D eigenvalue weighted by atomic mass is 19.1. The molecule has 0 radical (unpaired) electrons. The van der Waals surface area contributed by atoms with Gasteiger partial charge in [0.05, 0.1) is 12.9 Å². The molecule has 1 aliphatic carbocycles. The van der Waals surface area contributed by atoms with Gasteiger partial charge in [-0.15, -0.1) is 0 Å². The zero-order chi connectivity index (χ0) is 23.6. The minimum absolute atomic E-state index is 0.0179. The van der Waals surface area contributed by atoms with Gasteiger partial charge in [0.15, 0.2) is 5.69 Å². The summed E-state index contributed by atoms with van der Waals surface area (Å²) in [7, 11) is 0. The summed E-state index contributed by atoms with van der Waals surface area (Å²) in [6, 6.07) is 6.31. The van der Waals surface area contributed by atoms with Crippen molar-refractivity contribution < 1.29 is 18.8 Å². The molecule has 1 atom stereocenters. The van der Waals surface area contributed by atoms with E-state index in [1.807, 2.05) is 6.92 Å². The molecule has 1 aliphatic heterocycles. The minimum atomic E-state index is -1.08. The number of imidazole rings is 1. The van der Waals surface area contributed by atoms with E-state index in [1.54, 1.807) is 34.6 Å². The van der Waals surface area contributed by atoms with Crippen LogP contribution in [-0.4, -0.2) is 50.3 Å². The maximum atomic E-state index is 13.9. The molecule has 4 rings (SSSR count). The summed E-state index contributed by atoms with van der Waals surface area (Å²) in [5.74, 6) is -1.56. The Labute approximate surface area is 192 Å². The molecule has 176 valence electrons. The first kappa shape index (κ1) is 22.9. The highest BCUT2D eigenvalue weighted by Gasteiger charge is 2.48. The predicted molar refractivity (Wildman–Crippen MR) is 120 cm³/mol. The molecular formula is C24H30FN5O3. The van der Waals surface area contributed by atoms with Gasteiger partial charge in [-0.05, 0) is 32.3 Å². The fourth-order valence-electron chi connectivity index (χ4n) is 4.74. The molecule has 0 saturated heterocycles. The van der Waals surface area contributed by atoms with E-state index in [9.17, 15) is 18.8 Å². The topological polar surface area (TPSA) is 96.3 Å². The maximum absolute atomic E-state index is 13.9. The van der Waals surface area contributed by atoms with Gasteiger partial charge in [-0.3, -0.25) is 14.4 Å². The smallest absolute Gasteiger partial charge is 0.273 e. The third kappa shape index (κ3) is 4.36. The number of halogens is 1. The number of nitrogens with one attached hydrogen (secondary N) is 2. The summed E-state index contributed by atoms with van der Waals surface area (Å²) < 4.78 is 15.5. The van der Waals surface area contributed by atoms with Crippen molar-refractivity contribution in [1.29, 1.82) is 0 Å². The second-order valence-corrected chi connectivity index (χ2v) is 9.03. The highest BCUT2D eigenvalue weighted by Crippen LogP contribution is 2.30. The molecule has 0 bridgehead atoms. The molecule has 8 nitrogen and oxygen atoms in total. The Bertz CT molecular complexity index is 1060. The third-order valence-electron chi connectivity index (χ3n) is 6.60. The van der Waals surface area contributed by atoms with Crippen LogP contribution in [0.2, 0.25) is 0 Å². The quantitative estimate of drug-likeness (QED) is 0.671. The number of aromatic nitrogens is 2. The van der Waals surface area contributed by atoms with Crippen molar-refractivity contribution in [2.45, 2.75) is 70.6 Å². The van der Waals surface area contributed by atoms with Crippen LogP contribution in [0.15, 0.2) is 30.6 Å². The van der Waals surface area contributed by atoms with E-state index in [0.29, 0.717) is 18.5 Å². The largest absolute Gasteiger partial charge is 0.351 e. The van der Waals surface area contributed by atoms with Crippen molar-refractivity contribution in [2.24, 2.45) is 0 Å². The molecule has 1 fully saturated rings. The summed E-state index contributed by atoms with van der Waals surface area (Å²) in [5.41, 5.74) is -0.602. The lowest BCUT2D eigenvalue weighted by molar-refractivity contribution is -0.133. The fourth-order valence-corrected chi connectivity index (χ4v) is 4.74. The van der Waals surface area contributed by atoms with E-state index in [2.05, 4.69) is 15.6 Å². The maximum Gasteiger partial charge on any atom is 0.273 e. The number of hydrogen-bond donors (Lipinski definition) is 2. The first-order valence-corrected chi connectivity index (χ1v) is 11.5. The number of fused-ring (bicyclic) bond motifs is 1. The summed E-state index contributed by atoms with van der Waals surface area (Å²) in [6.07, 6.45) is 6.18. The highest BCUT2D eigenvalue weighted by molar-refractivity contribution is 6.07. The Morgan fingerprint density at radius 3 is 2.67 bits per heavy atom. The van der Waals surface area contributed by atoms with Crippen LogP contribution in [0.4, 0.5) is 4.39 Å². The van der Waals surface area contributed by atoms with Gasteiger partial charge in [0.1, 0.15) is 17.1 Å². The lowest BCUT2D eigenvalue weighted by Gasteiger charge is -2.44. The van der Waals surface area contributed by atoms with Crippen LogP contribution in [0.1, 0.15) is 72.5 Å². The minimum Gasteiger partial charge on any atom is -0.351 e. The van der Waals surface area contributed by atoms with Crippen molar-refractivity contribution in [3.63, 3.8) is 0 Å². The van der Waals surface area contributed by atoms with Crippen molar-refractivity contribution in [3.8, 4) is 0 Å². The van der Waals surface area contributed by atoms with Gasteiger partial charge < -0.3 is 20.1 Å². The van der Waals surface area contributed by atoms with E-state index >= 15 is 0 Å². The molecule has 3 amide bonds. The molecule has 1 aromatic heterocycles. The average Bonchev–Trinajstić information content (AvgIpc) is 3.45. The van der Waals surface area contributed by atoms with Gasteiger partial charge in [-0.2, -0.15) is 0 Å². The Hall–Kier alpha value is -3.23. The number of carbonyl (C=O) groups is 3. The molecular weight excluding hydrogens is 425 g/mol. The van der Waals surface area contributed by atoms with E-state index < -0.39 is 23.2 Å². The molecule has 2 N–H and O–H groups in total.